The summed E-state index contributed by atoms with van der Waals surface area (Å²) in [6.07, 6.45) is 9.55. The van der Waals surface area contributed by atoms with Crippen LogP contribution in [-0.2, 0) is 4.79 Å². The van der Waals surface area contributed by atoms with Crippen LogP contribution in [-0.4, -0.2) is 44.7 Å². The molecule has 0 heterocycles. The number of unbranched alkanes of at least 4 members (excludes halogenated alkanes) is 6. The number of carboxylic acid groups (broad SMARTS) is 1. The Bertz CT molecular complexity index is 317. The van der Waals surface area contributed by atoms with E-state index in [1.165, 1.54) is 6.08 Å². The summed E-state index contributed by atoms with van der Waals surface area (Å²) in [6, 6.07) is 0. The van der Waals surface area contributed by atoms with Crippen molar-refractivity contribution in [1.82, 2.24) is 0 Å². The summed E-state index contributed by atoms with van der Waals surface area (Å²) in [5, 5.41) is 37.9. The Hall–Kier alpha value is -0.910. The Balaban J connectivity index is 3.68. The van der Waals surface area contributed by atoms with Gasteiger partial charge < -0.3 is 20.4 Å². The summed E-state index contributed by atoms with van der Waals surface area (Å²) >= 11 is 0. The average molecular weight is 330 g/mol. The molecule has 136 valence electrons. The highest BCUT2D eigenvalue weighted by molar-refractivity contribution is 5.66. The van der Waals surface area contributed by atoms with E-state index in [1.807, 2.05) is 0 Å². The third-order valence-corrected chi connectivity index (χ3v) is 3.92. The fraction of sp³-hybridized carbons (Fsp3) is 0.833. The van der Waals surface area contributed by atoms with Gasteiger partial charge >= 0.3 is 5.97 Å². The molecule has 5 heteroatoms. The van der Waals surface area contributed by atoms with Gasteiger partial charge in [0, 0.05) is 6.42 Å². The quantitative estimate of drug-likeness (QED) is 0.273. The monoisotopic (exact) mass is 330 g/mol. The second kappa shape index (κ2) is 14.7. The molecule has 0 aliphatic rings. The van der Waals surface area contributed by atoms with Crippen LogP contribution in [0.15, 0.2) is 12.2 Å². The molecule has 0 rings (SSSR count). The van der Waals surface area contributed by atoms with E-state index in [2.05, 4.69) is 6.92 Å². The van der Waals surface area contributed by atoms with Crippen LogP contribution in [0.2, 0.25) is 0 Å². The Morgan fingerprint density at radius 1 is 0.870 bits per heavy atom. The molecular weight excluding hydrogens is 296 g/mol. The highest BCUT2D eigenvalue weighted by atomic mass is 16.4. The van der Waals surface area contributed by atoms with Gasteiger partial charge in [-0.05, 0) is 19.3 Å². The SMILES string of the molecule is CCCCC[C@H](O)/C=C/[C@@H](O)[C@@H](O)CCCCCCCC(=O)O. The topological polar surface area (TPSA) is 98.0 Å². The smallest absolute Gasteiger partial charge is 0.303 e. The third-order valence-electron chi connectivity index (χ3n) is 3.92. The van der Waals surface area contributed by atoms with Crippen LogP contribution in [0, 0.1) is 0 Å². The summed E-state index contributed by atoms with van der Waals surface area (Å²) in [6.45, 7) is 2.11. The van der Waals surface area contributed by atoms with Crippen molar-refractivity contribution in [3.05, 3.63) is 12.2 Å². The zero-order chi connectivity index (χ0) is 17.5. The third kappa shape index (κ3) is 14.4. The van der Waals surface area contributed by atoms with Crippen LogP contribution in [0.25, 0.3) is 0 Å². The van der Waals surface area contributed by atoms with Gasteiger partial charge in [-0.2, -0.15) is 0 Å². The molecule has 0 saturated heterocycles. The Morgan fingerprint density at radius 2 is 1.48 bits per heavy atom. The van der Waals surface area contributed by atoms with Gasteiger partial charge in [0.1, 0.15) is 0 Å². The van der Waals surface area contributed by atoms with Crippen molar-refractivity contribution in [2.75, 3.05) is 0 Å². The van der Waals surface area contributed by atoms with E-state index in [0.717, 1.165) is 44.9 Å². The minimum atomic E-state index is -0.942. The molecule has 0 bridgehead atoms. The van der Waals surface area contributed by atoms with Crippen molar-refractivity contribution in [3.63, 3.8) is 0 Å². The Kier molecular flexibility index (Phi) is 14.1. The standard InChI is InChI=1S/C18H34O5/c1-2-3-7-10-15(19)13-14-17(21)16(20)11-8-5-4-6-9-12-18(22)23/h13-17,19-21H,2-12H2,1H3,(H,22,23)/b14-13+/t15-,16-,17+/m0/s1. The van der Waals surface area contributed by atoms with Crippen molar-refractivity contribution >= 4 is 5.97 Å². The van der Waals surface area contributed by atoms with Gasteiger partial charge in [-0.15, -0.1) is 0 Å². The van der Waals surface area contributed by atoms with Crippen LogP contribution >= 0.6 is 0 Å². The number of carbonyl (C=O) groups is 1. The first-order valence-electron chi connectivity index (χ1n) is 8.91. The van der Waals surface area contributed by atoms with E-state index in [-0.39, 0.29) is 6.42 Å². The predicted octanol–water partition coefficient (Wildman–Crippen LogP) is 3.02. The lowest BCUT2D eigenvalue weighted by atomic mass is 10.0. The molecule has 0 aliphatic heterocycles. The lowest BCUT2D eigenvalue weighted by molar-refractivity contribution is -0.137. The number of hydrogen-bond donors (Lipinski definition) is 4. The van der Waals surface area contributed by atoms with Gasteiger partial charge in [0.15, 0.2) is 0 Å². The first-order chi connectivity index (χ1) is 11.0. The van der Waals surface area contributed by atoms with Crippen molar-refractivity contribution in [2.24, 2.45) is 0 Å². The molecule has 3 atom stereocenters. The van der Waals surface area contributed by atoms with E-state index in [1.54, 1.807) is 6.08 Å². The second-order valence-corrected chi connectivity index (χ2v) is 6.21. The minimum Gasteiger partial charge on any atom is -0.481 e. The molecule has 0 saturated carbocycles. The summed E-state index contributed by atoms with van der Waals surface area (Å²) in [5.74, 6) is -0.757. The lowest BCUT2D eigenvalue weighted by Gasteiger charge is -2.15. The number of aliphatic hydroxyl groups is 3. The fourth-order valence-electron chi connectivity index (χ4n) is 2.40. The van der Waals surface area contributed by atoms with Gasteiger partial charge in [-0.3, -0.25) is 4.79 Å². The number of aliphatic carboxylic acids is 1. The first-order valence-corrected chi connectivity index (χ1v) is 8.91. The number of carboxylic acids is 1. The number of aliphatic hydroxyl groups excluding tert-OH is 3. The molecule has 4 N–H and O–H groups in total. The zero-order valence-corrected chi connectivity index (χ0v) is 14.4. The van der Waals surface area contributed by atoms with E-state index < -0.39 is 24.3 Å². The van der Waals surface area contributed by atoms with E-state index >= 15 is 0 Å². The molecule has 0 aliphatic carbocycles. The maximum Gasteiger partial charge on any atom is 0.303 e. The predicted molar refractivity (Wildman–Crippen MR) is 91.3 cm³/mol. The number of hydrogen-bond acceptors (Lipinski definition) is 4. The van der Waals surface area contributed by atoms with Crippen molar-refractivity contribution in [3.8, 4) is 0 Å². The van der Waals surface area contributed by atoms with Gasteiger partial charge in [0.05, 0.1) is 18.3 Å². The van der Waals surface area contributed by atoms with Crippen LogP contribution in [0.1, 0.15) is 77.6 Å². The molecule has 0 fully saturated rings. The molecule has 0 aromatic carbocycles. The molecule has 23 heavy (non-hydrogen) atoms. The molecule has 0 unspecified atom stereocenters. The molecule has 0 amide bonds. The Labute approximate surface area is 140 Å². The van der Waals surface area contributed by atoms with Gasteiger partial charge in [0.2, 0.25) is 0 Å². The molecule has 0 radical (unpaired) electrons. The highest BCUT2D eigenvalue weighted by Crippen LogP contribution is 2.12. The largest absolute Gasteiger partial charge is 0.481 e. The molecular formula is C18H34O5. The number of rotatable bonds is 15. The summed E-state index contributed by atoms with van der Waals surface area (Å²) in [4.78, 5) is 10.4. The highest BCUT2D eigenvalue weighted by Gasteiger charge is 2.13. The summed E-state index contributed by atoms with van der Waals surface area (Å²) < 4.78 is 0. The maximum atomic E-state index is 10.4. The zero-order valence-electron chi connectivity index (χ0n) is 14.4. The minimum absolute atomic E-state index is 0.215. The average Bonchev–Trinajstić information content (AvgIpc) is 2.51. The van der Waals surface area contributed by atoms with Crippen LogP contribution < -0.4 is 0 Å². The fourth-order valence-corrected chi connectivity index (χ4v) is 2.40. The van der Waals surface area contributed by atoms with Crippen molar-refractivity contribution in [2.45, 2.75) is 95.9 Å². The van der Waals surface area contributed by atoms with Gasteiger partial charge in [0.25, 0.3) is 0 Å². The van der Waals surface area contributed by atoms with Gasteiger partial charge in [-0.25, -0.2) is 0 Å². The normalized spacial score (nSPS) is 15.7. The van der Waals surface area contributed by atoms with Crippen LogP contribution in [0.5, 0.6) is 0 Å². The molecule has 0 aromatic rings. The van der Waals surface area contributed by atoms with E-state index in [9.17, 15) is 20.1 Å². The summed E-state index contributed by atoms with van der Waals surface area (Å²) in [5.41, 5.74) is 0. The van der Waals surface area contributed by atoms with Crippen molar-refractivity contribution < 1.29 is 25.2 Å². The van der Waals surface area contributed by atoms with Crippen LogP contribution in [0.3, 0.4) is 0 Å². The van der Waals surface area contributed by atoms with E-state index in [4.69, 9.17) is 5.11 Å². The van der Waals surface area contributed by atoms with Gasteiger partial charge in [-0.1, -0.05) is 64.0 Å². The maximum absolute atomic E-state index is 10.4. The Morgan fingerprint density at radius 3 is 2.13 bits per heavy atom. The van der Waals surface area contributed by atoms with Crippen LogP contribution in [0.4, 0.5) is 0 Å². The lowest BCUT2D eigenvalue weighted by Crippen LogP contribution is -2.24. The molecule has 0 spiro atoms. The summed E-state index contributed by atoms with van der Waals surface area (Å²) in [7, 11) is 0. The first kappa shape index (κ1) is 22.1. The molecule has 5 nitrogen and oxygen atoms in total. The van der Waals surface area contributed by atoms with E-state index in [0.29, 0.717) is 19.3 Å². The molecule has 0 aromatic heterocycles. The van der Waals surface area contributed by atoms with Crippen molar-refractivity contribution in [1.29, 1.82) is 0 Å². The second-order valence-electron chi connectivity index (χ2n) is 6.21.